The topological polar surface area (TPSA) is 49.7 Å². The Hall–Kier alpha value is -2.59. The Balaban J connectivity index is 2.06. The molecule has 1 fully saturated rings. The van der Waals surface area contributed by atoms with Crippen molar-refractivity contribution in [1.29, 1.82) is 0 Å². The fourth-order valence-electron chi connectivity index (χ4n) is 6.40. The third-order valence-corrected chi connectivity index (χ3v) is 41.7. The molecule has 0 aliphatic carbocycles. The van der Waals surface area contributed by atoms with Crippen LogP contribution < -0.4 is 20.7 Å². The van der Waals surface area contributed by atoms with Gasteiger partial charge >= 0.3 is 0 Å². The third kappa shape index (κ3) is 3.18. The van der Waals surface area contributed by atoms with Gasteiger partial charge in [0.15, 0.2) is 21.7 Å². The van der Waals surface area contributed by atoms with Crippen molar-refractivity contribution in [2.45, 2.75) is 25.1 Å². The predicted molar refractivity (Wildman–Crippen MR) is 146 cm³/mol. The molecule has 1 aliphatic rings. The molecule has 1 heterocycles. The van der Waals surface area contributed by atoms with E-state index in [1.165, 1.54) is 10.4 Å². The van der Waals surface area contributed by atoms with Gasteiger partial charge in [0.2, 0.25) is 0 Å². The van der Waals surface area contributed by atoms with Crippen molar-refractivity contribution < 1.29 is 14.6 Å². The van der Waals surface area contributed by atoms with Gasteiger partial charge in [0.05, 0.1) is 0 Å². The minimum atomic E-state index is -3.12. The summed E-state index contributed by atoms with van der Waals surface area (Å²) in [5.41, 5.74) is -1.01. The lowest BCUT2D eigenvalue weighted by Crippen LogP contribution is -3.00. The molecule has 172 valence electrons. The van der Waals surface area contributed by atoms with Gasteiger partial charge in [0.25, 0.3) is 0 Å². The lowest BCUT2D eigenvalue weighted by molar-refractivity contribution is -0.0811. The van der Waals surface area contributed by atoms with E-state index in [1.807, 2.05) is 24.3 Å². The van der Waals surface area contributed by atoms with Crippen LogP contribution in [0.2, 0.25) is 13.1 Å². The number of hydrogen-bond acceptors (Lipinski definition) is 3. The van der Waals surface area contributed by atoms with Crippen molar-refractivity contribution in [3.63, 3.8) is 0 Å². The Morgan fingerprint density at radius 1 is 0.529 bits per heavy atom. The van der Waals surface area contributed by atoms with Crippen LogP contribution in [-0.4, -0.2) is 44.8 Å². The summed E-state index contributed by atoms with van der Waals surface area (Å²) in [4.78, 5) is 0. The summed E-state index contributed by atoms with van der Waals surface area (Å²) >= 11 is 0. The van der Waals surface area contributed by atoms with Gasteiger partial charge in [-0.15, -0.1) is 0 Å². The first kappa shape index (κ1) is 23.2. The Kier molecular flexibility index (Phi) is 6.05. The first-order chi connectivity index (χ1) is 16.5. The molecule has 1 aliphatic heterocycles. The quantitative estimate of drug-likeness (QED) is 0.424. The summed E-state index contributed by atoms with van der Waals surface area (Å²) in [5.74, 6) is 0. The zero-order chi connectivity index (χ0) is 23.8. The Morgan fingerprint density at radius 2 is 0.853 bits per heavy atom. The van der Waals surface area contributed by atoms with Crippen LogP contribution in [0, 0.1) is 0 Å². The second-order valence-corrected chi connectivity index (χ2v) is 30.7. The number of benzene rings is 4. The summed E-state index contributed by atoms with van der Waals surface area (Å²) in [7, 11) is -8.67. The fourth-order valence-corrected chi connectivity index (χ4v) is 47.7. The van der Waals surface area contributed by atoms with Crippen LogP contribution in [0.3, 0.4) is 0 Å². The van der Waals surface area contributed by atoms with E-state index in [0.29, 0.717) is 0 Å². The molecule has 0 bridgehead atoms. The molecule has 2 unspecified atom stereocenters. The van der Waals surface area contributed by atoms with Crippen molar-refractivity contribution >= 4 is 43.3 Å². The van der Waals surface area contributed by atoms with Gasteiger partial charge in [-0.2, -0.15) is 0 Å². The highest BCUT2D eigenvalue weighted by Gasteiger charge is 2.75. The summed E-state index contributed by atoms with van der Waals surface area (Å²) in [6.07, 6.45) is -1.22. The lowest BCUT2D eigenvalue weighted by atomic mass is 10.4. The Bertz CT molecular complexity index is 1160. The molecule has 0 amide bonds. The highest BCUT2D eigenvalue weighted by Crippen LogP contribution is 2.38. The van der Waals surface area contributed by atoms with Crippen LogP contribution in [-0.2, 0) is 4.43 Å². The minimum Gasteiger partial charge on any atom is -0.393 e. The first-order valence-corrected chi connectivity index (χ1v) is 20.7. The SMILES string of the molecule is C[Si]1(C)OC(O)C(O)[Si](c2ccccc2)(c2ccccc2)[Si]1(c1ccccc1)c1ccccc1. The molecule has 4 aromatic carbocycles. The van der Waals surface area contributed by atoms with E-state index >= 15 is 0 Å². The summed E-state index contributed by atoms with van der Waals surface area (Å²) < 4.78 is 6.55. The number of rotatable bonds is 4. The van der Waals surface area contributed by atoms with Gasteiger partial charge in [-0.25, -0.2) is 0 Å². The van der Waals surface area contributed by atoms with E-state index < -0.39 is 34.6 Å². The highest BCUT2D eigenvalue weighted by atomic mass is 29.6. The van der Waals surface area contributed by atoms with Gasteiger partial charge in [0.1, 0.15) is 12.8 Å². The zero-order valence-corrected chi connectivity index (χ0v) is 22.5. The largest absolute Gasteiger partial charge is 0.393 e. The molecule has 5 rings (SSSR count). The number of hydrogen-bond donors (Lipinski definition) is 2. The second kappa shape index (κ2) is 8.89. The molecule has 34 heavy (non-hydrogen) atoms. The molecule has 0 radical (unpaired) electrons. The monoisotopic (exact) mass is 498 g/mol. The second-order valence-electron chi connectivity index (χ2n) is 9.49. The van der Waals surface area contributed by atoms with Crippen LogP contribution >= 0.6 is 0 Å². The van der Waals surface area contributed by atoms with Gasteiger partial charge in [-0.1, -0.05) is 142 Å². The van der Waals surface area contributed by atoms with Gasteiger partial charge in [0, 0.05) is 0 Å². The van der Waals surface area contributed by atoms with E-state index in [0.717, 1.165) is 10.4 Å². The highest BCUT2D eigenvalue weighted by molar-refractivity contribution is 7.81. The molecule has 0 saturated carbocycles. The molecule has 0 spiro atoms. The minimum absolute atomic E-state index is 1.01. The van der Waals surface area contributed by atoms with Gasteiger partial charge in [-0.3, -0.25) is 0 Å². The molecular weight excluding hydrogens is 469 g/mol. The van der Waals surface area contributed by atoms with Crippen LogP contribution in [0.1, 0.15) is 0 Å². The van der Waals surface area contributed by atoms with E-state index in [9.17, 15) is 10.2 Å². The van der Waals surface area contributed by atoms with Crippen LogP contribution in [0.5, 0.6) is 0 Å². The average molecular weight is 499 g/mol. The molecular formula is C28H30O3Si3. The zero-order valence-electron chi connectivity index (χ0n) is 19.5. The molecule has 1 saturated heterocycles. The van der Waals surface area contributed by atoms with Gasteiger partial charge in [-0.05, 0) is 13.1 Å². The fraction of sp³-hybridized carbons (Fsp3) is 0.143. The van der Waals surface area contributed by atoms with Crippen molar-refractivity contribution in [3.05, 3.63) is 121 Å². The summed E-state index contributed by atoms with van der Waals surface area (Å²) in [6, 6.07) is 42.4. The number of aliphatic hydroxyl groups excluding tert-OH is 2. The maximum absolute atomic E-state index is 12.2. The van der Waals surface area contributed by atoms with E-state index in [1.54, 1.807) is 0 Å². The van der Waals surface area contributed by atoms with Crippen molar-refractivity contribution in [2.75, 3.05) is 0 Å². The lowest BCUT2D eigenvalue weighted by Gasteiger charge is -2.61. The van der Waals surface area contributed by atoms with Crippen LogP contribution in [0.25, 0.3) is 0 Å². The average Bonchev–Trinajstić information content (AvgIpc) is 2.88. The normalized spacial score (nSPS) is 22.7. The summed E-state index contributed by atoms with van der Waals surface area (Å²) in [5, 5.41) is 28.4. The van der Waals surface area contributed by atoms with E-state index in [4.69, 9.17) is 4.43 Å². The number of aliphatic hydroxyl groups is 2. The maximum atomic E-state index is 12.2. The van der Waals surface area contributed by atoms with E-state index in [2.05, 4.69) is 110 Å². The first-order valence-electron chi connectivity index (χ1n) is 11.7. The van der Waals surface area contributed by atoms with Crippen molar-refractivity contribution in [1.82, 2.24) is 0 Å². The van der Waals surface area contributed by atoms with E-state index in [-0.39, 0.29) is 0 Å². The molecule has 2 N–H and O–H groups in total. The van der Waals surface area contributed by atoms with Crippen LogP contribution in [0.4, 0.5) is 0 Å². The summed E-state index contributed by atoms with van der Waals surface area (Å²) in [6.45, 7) is 4.50. The van der Waals surface area contributed by atoms with Gasteiger partial charge < -0.3 is 14.6 Å². The molecule has 3 nitrogen and oxygen atoms in total. The predicted octanol–water partition coefficient (Wildman–Crippen LogP) is 2.12. The molecule has 4 aromatic rings. The standard InChI is InChI=1S/C28H30O3Si3/c1-32(2)31-27(29)28(30)33(23-15-7-3-8-16-23,24-17-9-4-10-18-24)34(32,25-19-11-5-12-20-25)26-21-13-6-14-22-26/h3-22,27-30H,1-2H3. The van der Waals surface area contributed by atoms with Crippen molar-refractivity contribution in [3.8, 4) is 0 Å². The van der Waals surface area contributed by atoms with Crippen LogP contribution in [0.15, 0.2) is 121 Å². The van der Waals surface area contributed by atoms with Crippen molar-refractivity contribution in [2.24, 2.45) is 0 Å². The molecule has 2 atom stereocenters. The maximum Gasteiger partial charge on any atom is 0.186 e. The molecule has 6 heteroatoms. The third-order valence-electron chi connectivity index (χ3n) is 7.50. The Labute approximate surface area is 204 Å². The molecule has 0 aromatic heterocycles. The Morgan fingerprint density at radius 3 is 1.21 bits per heavy atom. The smallest absolute Gasteiger partial charge is 0.186 e.